The molecule has 6 nitrogen and oxygen atoms in total. The maximum absolute atomic E-state index is 11.3. The fourth-order valence-corrected chi connectivity index (χ4v) is 1.94. The summed E-state index contributed by atoms with van der Waals surface area (Å²) in [5, 5.41) is 3.50. The molecule has 8 heteroatoms. The number of nitrogens with zero attached hydrogens (tertiary/aromatic N) is 2. The molecule has 0 unspecified atom stereocenters. The molecule has 0 bridgehead atoms. The summed E-state index contributed by atoms with van der Waals surface area (Å²) in [6, 6.07) is 7.35. The highest BCUT2D eigenvalue weighted by Crippen LogP contribution is 2.19. The number of rotatable bonds is 4. The summed E-state index contributed by atoms with van der Waals surface area (Å²) in [7, 11) is 1.36. The number of para-hydroxylation sites is 1. The van der Waals surface area contributed by atoms with E-state index in [1.807, 2.05) is 24.3 Å². The lowest BCUT2D eigenvalue weighted by atomic mass is 10.2. The van der Waals surface area contributed by atoms with E-state index in [0.717, 1.165) is 10.9 Å². The Morgan fingerprint density at radius 1 is 1.28 bits per heavy atom. The maximum atomic E-state index is 11.3. The Morgan fingerprint density at radius 2 is 2.00 bits per heavy atom. The molecule has 18 heavy (non-hydrogen) atoms. The van der Waals surface area contributed by atoms with E-state index >= 15 is 0 Å². The van der Waals surface area contributed by atoms with Gasteiger partial charge in [-0.1, -0.05) is 12.1 Å². The van der Waals surface area contributed by atoms with Crippen LogP contribution in [-0.2, 0) is 10.0 Å². The fraction of sp³-hybridized carbons (Fsp3) is 0.200. The summed E-state index contributed by atoms with van der Waals surface area (Å²) in [6.07, 6.45) is 0. The monoisotopic (exact) mass is 262 g/mol. The summed E-state index contributed by atoms with van der Waals surface area (Å²) in [5.74, 6) is 0.690. The molecule has 1 heterocycles. The Balaban J connectivity index is 2.38. The number of fused-ring (bicyclic) bond motifs is 1. The molecule has 0 spiro atoms. The molecule has 1 aromatic heterocycles. The SMILES string of the molecule is [B]NS(=O)(=O)CNc1nc(C)nc2ccccc12. The van der Waals surface area contributed by atoms with Crippen molar-refractivity contribution in [2.45, 2.75) is 6.92 Å². The van der Waals surface area contributed by atoms with Crippen LogP contribution in [0.2, 0.25) is 0 Å². The topological polar surface area (TPSA) is 84.0 Å². The molecule has 0 amide bonds. The van der Waals surface area contributed by atoms with E-state index in [1.165, 1.54) is 0 Å². The van der Waals surface area contributed by atoms with Crippen LogP contribution in [0, 0.1) is 6.92 Å². The number of aryl methyl sites for hydroxylation is 1. The van der Waals surface area contributed by atoms with Crippen LogP contribution >= 0.6 is 0 Å². The second kappa shape index (κ2) is 4.91. The summed E-state index contributed by atoms with van der Waals surface area (Å²) < 4.78 is 24.2. The van der Waals surface area contributed by atoms with Gasteiger partial charge in [0.05, 0.1) is 5.52 Å². The van der Waals surface area contributed by atoms with Crippen molar-refractivity contribution in [3.63, 3.8) is 0 Å². The van der Waals surface area contributed by atoms with E-state index in [2.05, 4.69) is 15.3 Å². The molecule has 0 saturated heterocycles. The van der Waals surface area contributed by atoms with Crippen molar-refractivity contribution in [1.82, 2.24) is 14.6 Å². The standard InChI is InChI=1S/C10H11BN4O2S/c1-7-13-9-5-3-2-4-8(9)10(14-7)12-6-18(16,17)15-11/h2-5,15H,6H2,1H3,(H,12,13,14). The van der Waals surface area contributed by atoms with Crippen LogP contribution in [0.15, 0.2) is 24.3 Å². The minimum absolute atomic E-state index is 0.343. The zero-order valence-electron chi connectivity index (χ0n) is 9.71. The third-order valence-electron chi connectivity index (χ3n) is 2.32. The Morgan fingerprint density at radius 3 is 2.72 bits per heavy atom. The molecule has 2 aromatic rings. The number of benzene rings is 1. The summed E-state index contributed by atoms with van der Waals surface area (Å²) in [5.41, 5.74) is 0.755. The zero-order valence-corrected chi connectivity index (χ0v) is 10.5. The van der Waals surface area contributed by atoms with Crippen LogP contribution in [-0.4, -0.2) is 32.2 Å². The fourth-order valence-electron chi connectivity index (χ4n) is 1.53. The highest BCUT2D eigenvalue weighted by Gasteiger charge is 2.09. The van der Waals surface area contributed by atoms with Crippen LogP contribution < -0.4 is 9.95 Å². The van der Waals surface area contributed by atoms with Crippen molar-refractivity contribution in [1.29, 1.82) is 0 Å². The van der Waals surface area contributed by atoms with Gasteiger partial charge in [-0.05, 0) is 19.1 Å². The van der Waals surface area contributed by atoms with Gasteiger partial charge in [-0.2, -0.15) is 0 Å². The maximum Gasteiger partial charge on any atom is 0.218 e. The van der Waals surface area contributed by atoms with Crippen molar-refractivity contribution < 1.29 is 8.42 Å². The average molecular weight is 262 g/mol. The molecule has 0 fully saturated rings. The van der Waals surface area contributed by atoms with Crippen molar-refractivity contribution in [3.8, 4) is 0 Å². The van der Waals surface area contributed by atoms with Crippen molar-refractivity contribution >= 4 is 34.7 Å². The zero-order chi connectivity index (χ0) is 13.2. The molecular weight excluding hydrogens is 251 g/mol. The van der Waals surface area contributed by atoms with Crippen molar-refractivity contribution in [2.75, 3.05) is 11.2 Å². The highest BCUT2D eigenvalue weighted by atomic mass is 32.2. The van der Waals surface area contributed by atoms with Gasteiger partial charge in [-0.25, -0.2) is 18.4 Å². The highest BCUT2D eigenvalue weighted by molar-refractivity contribution is 7.90. The number of hydrogen-bond acceptors (Lipinski definition) is 5. The molecule has 0 aliphatic heterocycles. The van der Waals surface area contributed by atoms with E-state index in [4.69, 9.17) is 7.98 Å². The van der Waals surface area contributed by atoms with Crippen molar-refractivity contribution in [3.05, 3.63) is 30.1 Å². The number of aromatic nitrogens is 2. The van der Waals surface area contributed by atoms with Gasteiger partial charge in [0.1, 0.15) is 17.5 Å². The van der Waals surface area contributed by atoms with Crippen molar-refractivity contribution in [2.24, 2.45) is 0 Å². The first-order valence-electron chi connectivity index (χ1n) is 5.19. The van der Waals surface area contributed by atoms with Gasteiger partial charge < -0.3 is 5.32 Å². The molecule has 2 rings (SSSR count). The first-order valence-corrected chi connectivity index (χ1v) is 6.84. The lowest BCUT2D eigenvalue weighted by Crippen LogP contribution is -2.27. The molecule has 0 aliphatic carbocycles. The molecule has 2 radical (unpaired) electrons. The minimum atomic E-state index is -3.54. The van der Waals surface area contributed by atoms with Crippen LogP contribution in [0.3, 0.4) is 0 Å². The van der Waals surface area contributed by atoms with E-state index in [9.17, 15) is 8.42 Å². The quantitative estimate of drug-likeness (QED) is 0.775. The third-order valence-corrected chi connectivity index (χ3v) is 3.21. The summed E-state index contributed by atoms with van der Waals surface area (Å²) in [6.45, 7) is 1.74. The smallest absolute Gasteiger partial charge is 0.218 e. The van der Waals surface area contributed by atoms with Gasteiger partial charge in [-0.3, -0.25) is 4.63 Å². The second-order valence-corrected chi connectivity index (χ2v) is 5.44. The van der Waals surface area contributed by atoms with Gasteiger partial charge in [-0.15, -0.1) is 0 Å². The van der Waals surface area contributed by atoms with E-state index in [1.54, 1.807) is 11.6 Å². The predicted octanol–water partition coefficient (Wildman–Crippen LogP) is 0.311. The van der Waals surface area contributed by atoms with Gasteiger partial charge >= 0.3 is 0 Å². The van der Waals surface area contributed by atoms with Crippen LogP contribution in [0.4, 0.5) is 5.82 Å². The lowest BCUT2D eigenvalue weighted by molar-refractivity contribution is 0.595. The molecule has 92 valence electrons. The Bertz CT molecular complexity index is 675. The Hall–Kier alpha value is -1.67. The normalized spacial score (nSPS) is 11.6. The molecule has 1 aromatic carbocycles. The molecule has 0 atom stereocenters. The number of hydrogen-bond donors (Lipinski definition) is 2. The molecule has 2 N–H and O–H groups in total. The molecular formula is C10H11BN4O2S. The summed E-state index contributed by atoms with van der Waals surface area (Å²) in [4.78, 5) is 8.44. The van der Waals surface area contributed by atoms with Crippen LogP contribution in [0.25, 0.3) is 10.9 Å². The minimum Gasteiger partial charge on any atom is -0.355 e. The molecule has 0 saturated carbocycles. The van der Waals surface area contributed by atoms with Crippen LogP contribution in [0.1, 0.15) is 5.82 Å². The van der Waals surface area contributed by atoms with E-state index in [-0.39, 0.29) is 5.88 Å². The number of sulfonamides is 1. The van der Waals surface area contributed by atoms with Gasteiger partial charge in [0, 0.05) is 5.39 Å². The predicted molar refractivity (Wildman–Crippen MR) is 70.6 cm³/mol. The molecule has 0 aliphatic rings. The first kappa shape index (κ1) is 12.8. The van der Waals surface area contributed by atoms with Gasteiger partial charge in [0.2, 0.25) is 18.0 Å². The van der Waals surface area contributed by atoms with Gasteiger partial charge in [0.25, 0.3) is 0 Å². The number of nitrogens with one attached hydrogen (secondary N) is 2. The lowest BCUT2D eigenvalue weighted by Gasteiger charge is -2.09. The van der Waals surface area contributed by atoms with Crippen LogP contribution in [0.5, 0.6) is 0 Å². The largest absolute Gasteiger partial charge is 0.355 e. The van der Waals surface area contributed by atoms with E-state index in [0.29, 0.717) is 11.6 Å². The number of anilines is 1. The Kier molecular flexibility index (Phi) is 3.49. The Labute approximate surface area is 106 Å². The third kappa shape index (κ3) is 2.77. The van der Waals surface area contributed by atoms with E-state index < -0.39 is 10.0 Å². The summed E-state index contributed by atoms with van der Waals surface area (Å²) >= 11 is 0. The first-order chi connectivity index (χ1) is 8.52. The van der Waals surface area contributed by atoms with Gasteiger partial charge in [0.15, 0.2) is 0 Å². The second-order valence-electron chi connectivity index (χ2n) is 3.69. The average Bonchev–Trinajstić information content (AvgIpc) is 2.36.